The Hall–Kier alpha value is -3.46. The Morgan fingerprint density at radius 3 is 2.51 bits per heavy atom. The monoisotopic (exact) mass is 962 g/mol. The van der Waals surface area contributed by atoms with Crippen LogP contribution in [0.15, 0.2) is 41.9 Å². The van der Waals surface area contributed by atoms with E-state index in [0.717, 1.165) is 51.1 Å². The standard InChI is InChI=1S/C44H58N8O6S.4H2S/c1-9-50-35-16-15-28-21-30(35)31(39(50)29-13-10-17-45-37(29)27(4)57-8)23-44(5,6)25-58-42(55)32-14-11-20-52(48-32)41(54)33(22-36-46-34(28)24-59-36)47-40(53)38(26(2)3)51-19-12-18-49(7)43(51)56;;;;/h10,13,15-17,21,24,26-27,32-33,38,48H,9,11-12,14,18-20,22-23,25H2,1-8H3,(H,47,53);4*1H2/t27-,32-,33-,38-;;;;/m0..../s1. The van der Waals surface area contributed by atoms with Gasteiger partial charge in [-0.25, -0.2) is 15.2 Å². The van der Waals surface area contributed by atoms with Crippen LogP contribution in [0.25, 0.3) is 33.4 Å². The predicted octanol–water partition coefficient (Wildman–Crippen LogP) is 6.44. The van der Waals surface area contributed by atoms with Crippen molar-refractivity contribution in [3.63, 3.8) is 0 Å². The molecule has 3 aliphatic heterocycles. The molecule has 7 rings (SSSR count). The van der Waals surface area contributed by atoms with Crippen LogP contribution in [0.3, 0.4) is 0 Å². The lowest BCUT2D eigenvalue weighted by Crippen LogP contribution is -2.63. The van der Waals surface area contributed by atoms with Gasteiger partial charge in [0.25, 0.3) is 5.91 Å². The summed E-state index contributed by atoms with van der Waals surface area (Å²) in [4.78, 5) is 68.9. The number of hydrogen-bond acceptors (Lipinski definition) is 10. The first-order valence-electron chi connectivity index (χ1n) is 20.9. The third-order valence-electron chi connectivity index (χ3n) is 11.9. The number of nitrogens with one attached hydrogen (secondary N) is 2. The van der Waals surface area contributed by atoms with Crippen LogP contribution in [0.2, 0.25) is 0 Å². The van der Waals surface area contributed by atoms with E-state index in [9.17, 15) is 19.2 Å². The van der Waals surface area contributed by atoms with Crippen LogP contribution in [-0.4, -0.2) is 112 Å². The third-order valence-corrected chi connectivity index (χ3v) is 12.7. The van der Waals surface area contributed by atoms with Crippen LogP contribution in [0.4, 0.5) is 4.79 Å². The molecule has 4 aromatic rings. The van der Waals surface area contributed by atoms with Crippen molar-refractivity contribution >= 4 is 100 Å². The van der Waals surface area contributed by atoms with Crippen LogP contribution in [0.5, 0.6) is 0 Å². The first kappa shape index (κ1) is 53.9. The Morgan fingerprint density at radius 1 is 1.06 bits per heavy atom. The minimum atomic E-state index is -1.01. The van der Waals surface area contributed by atoms with Crippen LogP contribution in [0.1, 0.15) is 83.2 Å². The molecule has 6 bridgehead atoms. The molecule has 1 aromatic carbocycles. The van der Waals surface area contributed by atoms with Gasteiger partial charge in [0.05, 0.1) is 34.8 Å². The second-order valence-corrected chi connectivity index (χ2v) is 18.2. The van der Waals surface area contributed by atoms with Gasteiger partial charge in [0, 0.05) is 85.8 Å². The lowest BCUT2D eigenvalue weighted by molar-refractivity contribution is -0.155. The Bertz CT molecular complexity index is 2230. The fraction of sp³-hybridized carbons (Fsp3) is 0.545. The highest BCUT2D eigenvalue weighted by atomic mass is 32.1. The quantitative estimate of drug-likeness (QED) is 0.191. The molecule has 348 valence electrons. The van der Waals surface area contributed by atoms with Crippen molar-refractivity contribution in [2.45, 2.75) is 104 Å². The number of carbonyl (C=O) groups excluding carboxylic acids is 4. The first-order valence-corrected chi connectivity index (χ1v) is 21.7. The van der Waals surface area contributed by atoms with E-state index in [4.69, 9.17) is 19.4 Å². The number of aryl methyl sites for hydroxylation is 1. The number of carbonyl (C=O) groups is 4. The maximum absolute atomic E-state index is 14.5. The maximum Gasteiger partial charge on any atom is 0.324 e. The van der Waals surface area contributed by atoms with Gasteiger partial charge in [0.1, 0.15) is 18.1 Å². The predicted molar refractivity (Wildman–Crippen MR) is 269 cm³/mol. The highest BCUT2D eigenvalue weighted by Gasteiger charge is 2.40. The SMILES string of the molecule is CCn1c(-c2cccnc2[C@H](C)OC)c2c3cc(ccc31)-c1csc(n1)C[C@H](NC(=O)[C@H](C(C)C)N1CCCN(C)C1=O)C(=O)N1CCC[C@H](N1)C(=O)OCC(C)(C)C2.S.S.S.S. The van der Waals surface area contributed by atoms with Crippen molar-refractivity contribution in [2.24, 2.45) is 11.3 Å². The highest BCUT2D eigenvalue weighted by Crippen LogP contribution is 2.42. The molecule has 2 fully saturated rings. The van der Waals surface area contributed by atoms with E-state index in [1.807, 2.05) is 32.2 Å². The average molecular weight is 963 g/mol. The molecule has 4 atom stereocenters. The van der Waals surface area contributed by atoms with E-state index in [-0.39, 0.29) is 91.0 Å². The third kappa shape index (κ3) is 11.3. The maximum atomic E-state index is 14.5. The number of cyclic esters (lactones) is 1. The van der Waals surface area contributed by atoms with Gasteiger partial charge in [0.2, 0.25) is 5.91 Å². The highest BCUT2D eigenvalue weighted by molar-refractivity contribution is 7.59. The molecule has 0 unspecified atom stereocenters. The topological polar surface area (TPSA) is 151 Å². The molecule has 0 spiro atoms. The fourth-order valence-electron chi connectivity index (χ4n) is 8.77. The fourth-order valence-corrected chi connectivity index (χ4v) is 9.62. The Kier molecular flexibility index (Phi) is 19.4. The molecule has 19 heteroatoms. The zero-order valence-corrected chi connectivity index (χ0v) is 42.4. The summed E-state index contributed by atoms with van der Waals surface area (Å²) in [6, 6.07) is 7.71. The number of rotatable bonds is 8. The van der Waals surface area contributed by atoms with Crippen molar-refractivity contribution in [3.05, 3.63) is 58.2 Å². The number of hydrazine groups is 1. The number of methoxy groups -OCH3 is 1. The second kappa shape index (κ2) is 22.6. The number of pyridine rings is 1. The van der Waals surface area contributed by atoms with Gasteiger partial charge < -0.3 is 29.2 Å². The molecule has 0 radical (unpaired) electrons. The molecular formula is C44H66N8O6S5. The summed E-state index contributed by atoms with van der Waals surface area (Å²) >= 11 is 1.43. The molecule has 0 saturated carbocycles. The summed E-state index contributed by atoms with van der Waals surface area (Å²) in [7, 11) is 3.43. The van der Waals surface area contributed by atoms with Crippen LogP contribution in [-0.2, 0) is 43.2 Å². The minimum absolute atomic E-state index is 0. The van der Waals surface area contributed by atoms with Gasteiger partial charge >= 0.3 is 12.0 Å². The molecule has 0 aliphatic carbocycles. The summed E-state index contributed by atoms with van der Waals surface area (Å²) in [5.74, 6) is -1.42. The van der Waals surface area contributed by atoms with Crippen molar-refractivity contribution in [1.29, 1.82) is 0 Å². The number of urea groups is 1. The number of esters is 1. The van der Waals surface area contributed by atoms with Gasteiger partial charge in [-0.05, 0) is 75.3 Å². The van der Waals surface area contributed by atoms with E-state index in [1.165, 1.54) is 16.3 Å². The number of ether oxygens (including phenoxy) is 2. The molecular weight excluding hydrogens is 897 g/mol. The van der Waals surface area contributed by atoms with Gasteiger partial charge in [-0.2, -0.15) is 54.0 Å². The van der Waals surface area contributed by atoms with Gasteiger partial charge in [0.15, 0.2) is 0 Å². The van der Waals surface area contributed by atoms with Crippen LogP contribution >= 0.6 is 65.3 Å². The Balaban J connectivity index is 0.00000264. The number of benzene rings is 1. The molecule has 3 aliphatic rings. The van der Waals surface area contributed by atoms with Crippen LogP contribution < -0.4 is 10.7 Å². The number of amides is 4. The lowest BCUT2D eigenvalue weighted by Gasteiger charge is -2.40. The summed E-state index contributed by atoms with van der Waals surface area (Å²) in [6.45, 7) is 14.5. The van der Waals surface area contributed by atoms with E-state index in [2.05, 4.69) is 60.3 Å². The van der Waals surface area contributed by atoms with Gasteiger partial charge in [-0.1, -0.05) is 33.8 Å². The second-order valence-electron chi connectivity index (χ2n) is 17.2. The zero-order valence-electron chi connectivity index (χ0n) is 37.5. The number of nitrogens with zero attached hydrogens (tertiary/aromatic N) is 6. The van der Waals surface area contributed by atoms with E-state index < -0.39 is 35.4 Å². The number of hydrogen-bond donors (Lipinski definition) is 2. The molecule has 2 saturated heterocycles. The van der Waals surface area contributed by atoms with Crippen molar-refractivity contribution < 1.29 is 28.7 Å². The van der Waals surface area contributed by atoms with Crippen molar-refractivity contribution in [2.75, 3.05) is 40.4 Å². The molecule has 2 N–H and O–H groups in total. The molecule has 6 heterocycles. The number of thiazole rings is 1. The first-order chi connectivity index (χ1) is 28.2. The smallest absolute Gasteiger partial charge is 0.324 e. The van der Waals surface area contributed by atoms with Crippen molar-refractivity contribution in [1.82, 2.24) is 40.1 Å². The molecule has 14 nitrogen and oxygen atoms in total. The van der Waals surface area contributed by atoms with E-state index in [0.29, 0.717) is 50.4 Å². The minimum Gasteiger partial charge on any atom is -0.464 e. The lowest BCUT2D eigenvalue weighted by atomic mass is 9.84. The van der Waals surface area contributed by atoms with Crippen LogP contribution in [0, 0.1) is 11.3 Å². The van der Waals surface area contributed by atoms with Gasteiger partial charge in [-0.3, -0.25) is 24.4 Å². The normalized spacial score (nSPS) is 20.0. The molecule has 63 heavy (non-hydrogen) atoms. The summed E-state index contributed by atoms with van der Waals surface area (Å²) in [5, 5.41) is 8.22. The summed E-state index contributed by atoms with van der Waals surface area (Å²) in [6.07, 6.45) is 4.08. The Morgan fingerprint density at radius 2 is 1.81 bits per heavy atom. The Labute approximate surface area is 403 Å². The summed E-state index contributed by atoms with van der Waals surface area (Å²) in [5.41, 5.74) is 9.42. The van der Waals surface area contributed by atoms with E-state index in [1.54, 1.807) is 30.2 Å². The summed E-state index contributed by atoms with van der Waals surface area (Å²) < 4.78 is 14.2. The van der Waals surface area contributed by atoms with E-state index >= 15 is 0 Å². The average Bonchev–Trinajstić information content (AvgIpc) is 3.82. The largest absolute Gasteiger partial charge is 0.464 e. The number of aromatic nitrogens is 3. The number of fused-ring (bicyclic) bond motifs is 6. The van der Waals surface area contributed by atoms with Crippen molar-refractivity contribution in [3.8, 4) is 22.5 Å². The van der Waals surface area contributed by atoms with Gasteiger partial charge in [-0.15, -0.1) is 11.3 Å². The molecule has 4 amide bonds. The zero-order chi connectivity index (χ0) is 42.2. The molecule has 3 aromatic heterocycles.